The summed E-state index contributed by atoms with van der Waals surface area (Å²) in [5.74, 6) is -0.941. The fourth-order valence-electron chi connectivity index (χ4n) is 1.76. The van der Waals surface area contributed by atoms with Gasteiger partial charge in [-0.15, -0.1) is 0 Å². The third-order valence-corrected chi connectivity index (χ3v) is 3.03. The van der Waals surface area contributed by atoms with E-state index >= 15 is 0 Å². The monoisotopic (exact) mass is 313 g/mol. The lowest BCUT2D eigenvalue weighted by atomic mass is 10.2. The highest BCUT2D eigenvalue weighted by Crippen LogP contribution is 2.10. The fourth-order valence-corrected chi connectivity index (χ4v) is 1.76. The van der Waals surface area contributed by atoms with Gasteiger partial charge in [0.05, 0.1) is 6.21 Å². The molecule has 0 aliphatic heterocycles. The minimum absolute atomic E-state index is 0.100. The molecule has 2 N–H and O–H groups in total. The van der Waals surface area contributed by atoms with Gasteiger partial charge >= 0.3 is 0 Å². The number of hydrazone groups is 1. The topological polar surface area (TPSA) is 70.6 Å². The van der Waals surface area contributed by atoms with E-state index in [0.717, 1.165) is 0 Å². The average molecular weight is 313 g/mol. The van der Waals surface area contributed by atoms with Crippen molar-refractivity contribution in [3.63, 3.8) is 0 Å². The Hall–Kier alpha value is -3.02. The first-order valence-electron chi connectivity index (χ1n) is 7.08. The van der Waals surface area contributed by atoms with Crippen LogP contribution in [0.5, 0.6) is 0 Å². The second-order valence-electron chi connectivity index (χ2n) is 4.70. The highest BCUT2D eigenvalue weighted by atomic mass is 19.1. The summed E-state index contributed by atoms with van der Waals surface area (Å²) in [5.41, 5.74) is 3.60. The van der Waals surface area contributed by atoms with Crippen molar-refractivity contribution in [2.75, 3.05) is 5.32 Å². The molecular weight excluding hydrogens is 297 g/mol. The highest BCUT2D eigenvalue weighted by molar-refractivity contribution is 5.96. The summed E-state index contributed by atoms with van der Waals surface area (Å²) in [6.45, 7) is 1.75. The molecule has 0 aromatic heterocycles. The normalized spacial score (nSPS) is 10.5. The Bertz CT molecular complexity index is 727. The first kappa shape index (κ1) is 16.4. The van der Waals surface area contributed by atoms with Gasteiger partial charge in [0.2, 0.25) is 5.91 Å². The summed E-state index contributed by atoms with van der Waals surface area (Å²) in [7, 11) is 0. The predicted molar refractivity (Wildman–Crippen MR) is 86.8 cm³/mol. The van der Waals surface area contributed by atoms with Crippen LogP contribution >= 0.6 is 0 Å². The fraction of sp³-hybridized carbons (Fsp3) is 0.118. The molecule has 0 aliphatic rings. The summed E-state index contributed by atoms with van der Waals surface area (Å²) in [4.78, 5) is 23.2. The molecule has 0 fully saturated rings. The van der Waals surface area contributed by atoms with Crippen molar-refractivity contribution in [1.29, 1.82) is 0 Å². The highest BCUT2D eigenvalue weighted by Gasteiger charge is 2.05. The number of hydrogen-bond acceptors (Lipinski definition) is 3. The number of halogens is 1. The predicted octanol–water partition coefficient (Wildman–Crippen LogP) is 2.94. The maximum absolute atomic E-state index is 13.4. The molecule has 2 aromatic rings. The van der Waals surface area contributed by atoms with Crippen molar-refractivity contribution in [3.8, 4) is 0 Å². The standard InChI is InChI=1S/C17H16FN3O2/c1-2-16(22)20-14-9-7-12(8-10-14)17(23)21-19-11-13-5-3-4-6-15(13)18/h3-11H,2H2,1H3,(H,20,22)(H,21,23)/b19-11+. The number of anilines is 1. The molecule has 0 unspecified atom stereocenters. The number of nitrogens with zero attached hydrogens (tertiary/aromatic N) is 1. The van der Waals surface area contributed by atoms with Gasteiger partial charge in [-0.3, -0.25) is 9.59 Å². The van der Waals surface area contributed by atoms with E-state index < -0.39 is 11.7 Å². The third-order valence-electron chi connectivity index (χ3n) is 3.03. The molecule has 2 amide bonds. The molecule has 2 aromatic carbocycles. The minimum atomic E-state index is -0.425. The molecule has 0 spiro atoms. The zero-order valence-electron chi connectivity index (χ0n) is 12.5. The summed E-state index contributed by atoms with van der Waals surface area (Å²) >= 11 is 0. The number of carbonyl (C=O) groups is 2. The maximum Gasteiger partial charge on any atom is 0.271 e. The van der Waals surface area contributed by atoms with Gasteiger partial charge in [0.25, 0.3) is 5.91 Å². The van der Waals surface area contributed by atoms with Gasteiger partial charge in [-0.2, -0.15) is 5.10 Å². The number of benzene rings is 2. The zero-order valence-corrected chi connectivity index (χ0v) is 12.5. The van der Waals surface area contributed by atoms with E-state index in [2.05, 4.69) is 15.8 Å². The van der Waals surface area contributed by atoms with Gasteiger partial charge < -0.3 is 5.32 Å². The van der Waals surface area contributed by atoms with Gasteiger partial charge in [0, 0.05) is 23.2 Å². The molecule has 0 saturated heterocycles. The molecule has 6 heteroatoms. The Morgan fingerprint density at radius 1 is 1.13 bits per heavy atom. The molecule has 2 rings (SSSR count). The molecule has 0 saturated carbocycles. The van der Waals surface area contributed by atoms with Gasteiger partial charge in [-0.1, -0.05) is 25.1 Å². The van der Waals surface area contributed by atoms with Crippen molar-refractivity contribution in [3.05, 3.63) is 65.5 Å². The summed E-state index contributed by atoms with van der Waals surface area (Å²) in [6.07, 6.45) is 1.62. The molecule has 0 heterocycles. The van der Waals surface area contributed by atoms with Crippen molar-refractivity contribution in [1.82, 2.24) is 5.43 Å². The number of nitrogens with one attached hydrogen (secondary N) is 2. The Morgan fingerprint density at radius 2 is 1.83 bits per heavy atom. The van der Waals surface area contributed by atoms with E-state index in [1.54, 1.807) is 49.4 Å². The Morgan fingerprint density at radius 3 is 2.48 bits per heavy atom. The van der Waals surface area contributed by atoms with Crippen LogP contribution in [-0.2, 0) is 4.79 Å². The van der Waals surface area contributed by atoms with Gasteiger partial charge in [0.1, 0.15) is 5.82 Å². The second-order valence-corrected chi connectivity index (χ2v) is 4.70. The van der Waals surface area contributed by atoms with Crippen LogP contribution in [0.2, 0.25) is 0 Å². The third kappa shape index (κ3) is 4.74. The van der Waals surface area contributed by atoms with Crippen molar-refractivity contribution in [2.24, 2.45) is 5.10 Å². The second kappa shape index (κ2) is 7.84. The Kier molecular flexibility index (Phi) is 5.57. The molecule has 5 nitrogen and oxygen atoms in total. The minimum Gasteiger partial charge on any atom is -0.326 e. The number of rotatable bonds is 5. The quantitative estimate of drug-likeness (QED) is 0.658. The number of amides is 2. The first-order chi connectivity index (χ1) is 11.1. The number of hydrogen-bond donors (Lipinski definition) is 2. The smallest absolute Gasteiger partial charge is 0.271 e. The number of carbonyl (C=O) groups excluding carboxylic acids is 2. The van der Waals surface area contributed by atoms with E-state index in [9.17, 15) is 14.0 Å². The molecule has 0 radical (unpaired) electrons. The van der Waals surface area contributed by atoms with E-state index in [0.29, 0.717) is 17.7 Å². The van der Waals surface area contributed by atoms with E-state index in [-0.39, 0.29) is 11.5 Å². The molecule has 0 aliphatic carbocycles. The Labute approximate surface area is 133 Å². The zero-order chi connectivity index (χ0) is 16.7. The average Bonchev–Trinajstić information content (AvgIpc) is 2.57. The van der Waals surface area contributed by atoms with E-state index in [1.807, 2.05) is 0 Å². The summed E-state index contributed by atoms with van der Waals surface area (Å²) < 4.78 is 13.4. The van der Waals surface area contributed by atoms with Crippen LogP contribution in [0.1, 0.15) is 29.3 Å². The van der Waals surface area contributed by atoms with Crippen LogP contribution in [0.4, 0.5) is 10.1 Å². The van der Waals surface area contributed by atoms with Crippen LogP contribution in [0.25, 0.3) is 0 Å². The lowest BCUT2D eigenvalue weighted by molar-refractivity contribution is -0.115. The largest absolute Gasteiger partial charge is 0.326 e. The van der Waals surface area contributed by atoms with Gasteiger partial charge in [0.15, 0.2) is 0 Å². The summed E-state index contributed by atoms with van der Waals surface area (Å²) in [6, 6.07) is 12.5. The molecule has 23 heavy (non-hydrogen) atoms. The van der Waals surface area contributed by atoms with Crippen LogP contribution in [-0.4, -0.2) is 18.0 Å². The van der Waals surface area contributed by atoms with E-state index in [4.69, 9.17) is 0 Å². The molecular formula is C17H16FN3O2. The van der Waals surface area contributed by atoms with E-state index in [1.165, 1.54) is 12.3 Å². The van der Waals surface area contributed by atoms with Crippen molar-refractivity contribution < 1.29 is 14.0 Å². The first-order valence-corrected chi connectivity index (χ1v) is 7.08. The lowest BCUT2D eigenvalue weighted by Gasteiger charge is -2.04. The van der Waals surface area contributed by atoms with Gasteiger partial charge in [-0.05, 0) is 30.3 Å². The van der Waals surface area contributed by atoms with Crippen LogP contribution in [0.15, 0.2) is 53.6 Å². The molecule has 118 valence electrons. The summed E-state index contributed by atoms with van der Waals surface area (Å²) in [5, 5.41) is 6.42. The lowest BCUT2D eigenvalue weighted by Crippen LogP contribution is -2.17. The van der Waals surface area contributed by atoms with Crippen LogP contribution < -0.4 is 10.7 Å². The van der Waals surface area contributed by atoms with Gasteiger partial charge in [-0.25, -0.2) is 9.82 Å². The maximum atomic E-state index is 13.4. The molecule has 0 atom stereocenters. The molecule has 0 bridgehead atoms. The Balaban J connectivity index is 1.96. The van der Waals surface area contributed by atoms with Crippen LogP contribution in [0.3, 0.4) is 0 Å². The SMILES string of the molecule is CCC(=O)Nc1ccc(C(=O)N/N=C/c2ccccc2F)cc1. The van der Waals surface area contributed by atoms with Crippen LogP contribution in [0, 0.1) is 5.82 Å². The van der Waals surface area contributed by atoms with Crippen molar-refractivity contribution in [2.45, 2.75) is 13.3 Å². The van der Waals surface area contributed by atoms with Crippen molar-refractivity contribution >= 4 is 23.7 Å².